The summed E-state index contributed by atoms with van der Waals surface area (Å²) in [6.45, 7) is 1.19. The topological polar surface area (TPSA) is 85.8 Å². The number of fused-ring (bicyclic) bond motifs is 1. The molecular formula is C29H24N2O5S. The number of β-lactam (4-membered cyclic amide) rings is 1. The third-order valence-corrected chi connectivity index (χ3v) is 7.25. The lowest BCUT2D eigenvalue weighted by Crippen LogP contribution is -2.62. The third kappa shape index (κ3) is 5.20. The highest BCUT2D eigenvalue weighted by molar-refractivity contribution is 8.03. The first-order valence-corrected chi connectivity index (χ1v) is 12.7. The number of benzene rings is 2. The summed E-state index contributed by atoms with van der Waals surface area (Å²) in [4.78, 5) is 44.4. The van der Waals surface area contributed by atoms with Crippen molar-refractivity contribution >= 4 is 35.7 Å². The summed E-state index contributed by atoms with van der Waals surface area (Å²) in [6, 6.07) is 23.3. The van der Waals surface area contributed by atoms with Gasteiger partial charge in [-0.2, -0.15) is 0 Å². The molecule has 2 aliphatic heterocycles. The zero-order valence-electron chi connectivity index (χ0n) is 20.0. The van der Waals surface area contributed by atoms with Crippen molar-refractivity contribution in [2.45, 2.75) is 24.4 Å². The number of nitrogens with zero attached hydrogens (tertiary/aromatic N) is 2. The Hall–Kier alpha value is -4.17. The van der Waals surface area contributed by atoms with Gasteiger partial charge in [0.25, 0.3) is 5.91 Å². The fourth-order valence-electron chi connectivity index (χ4n) is 4.31. The standard InChI is InChI=1S/C29H24N2O5S/c1-19(32)35-17-22-18-37-28-24(16-23-14-8-9-15-30-23)27(33)31(28)25(22)29(34)36-26(20-10-4-2-5-11-20)21-12-6-3-7-13-21/h2-16,18,25-26,28H,17H2,1H3/b24-16+/t25?,28-/m1/s1. The zero-order chi connectivity index (χ0) is 25.8. The van der Waals surface area contributed by atoms with Gasteiger partial charge in [-0.05, 0) is 34.7 Å². The Morgan fingerprint density at radius 2 is 1.65 bits per heavy atom. The fraction of sp³-hybridized carbons (Fsp3) is 0.172. The molecular weight excluding hydrogens is 488 g/mol. The summed E-state index contributed by atoms with van der Waals surface area (Å²) in [5, 5.41) is 1.41. The van der Waals surface area contributed by atoms with E-state index in [1.54, 1.807) is 23.7 Å². The number of carbonyl (C=O) groups excluding carboxylic acids is 3. The maximum Gasteiger partial charge on any atom is 0.334 e. The summed E-state index contributed by atoms with van der Waals surface area (Å²) < 4.78 is 11.3. The number of amides is 1. The maximum absolute atomic E-state index is 13.8. The van der Waals surface area contributed by atoms with Crippen LogP contribution in [0.2, 0.25) is 0 Å². The minimum absolute atomic E-state index is 0.112. The molecule has 0 aliphatic carbocycles. The number of ether oxygens (including phenoxy) is 2. The van der Waals surface area contributed by atoms with Gasteiger partial charge in [-0.25, -0.2) is 4.79 Å². The number of hydrogen-bond acceptors (Lipinski definition) is 7. The number of hydrogen-bond donors (Lipinski definition) is 0. The first-order chi connectivity index (χ1) is 18.0. The molecule has 7 nitrogen and oxygen atoms in total. The summed E-state index contributed by atoms with van der Waals surface area (Å²) in [5.41, 5.74) is 3.31. The van der Waals surface area contributed by atoms with Gasteiger partial charge in [0.2, 0.25) is 0 Å². The number of pyridine rings is 1. The highest BCUT2D eigenvalue weighted by Crippen LogP contribution is 2.44. The minimum atomic E-state index is -1.02. The third-order valence-electron chi connectivity index (χ3n) is 6.07. The van der Waals surface area contributed by atoms with Gasteiger partial charge in [0, 0.05) is 18.7 Å². The molecule has 0 spiro atoms. The predicted octanol–water partition coefficient (Wildman–Crippen LogP) is 4.53. The molecule has 3 aromatic rings. The molecule has 8 heteroatoms. The summed E-state index contributed by atoms with van der Waals surface area (Å²) >= 11 is 1.38. The molecule has 0 N–H and O–H groups in total. The van der Waals surface area contributed by atoms with E-state index in [0.717, 1.165) is 11.1 Å². The number of aromatic nitrogens is 1. The van der Waals surface area contributed by atoms with Crippen LogP contribution in [0.3, 0.4) is 0 Å². The Balaban J connectivity index is 1.46. The Morgan fingerprint density at radius 1 is 1.00 bits per heavy atom. The summed E-state index contributed by atoms with van der Waals surface area (Å²) in [7, 11) is 0. The van der Waals surface area contributed by atoms with Crippen LogP contribution in [-0.2, 0) is 23.9 Å². The molecule has 1 saturated heterocycles. The second-order valence-electron chi connectivity index (χ2n) is 8.57. The van der Waals surface area contributed by atoms with Crippen molar-refractivity contribution < 1.29 is 23.9 Å². The highest BCUT2D eigenvalue weighted by atomic mass is 32.2. The average molecular weight is 513 g/mol. The van der Waals surface area contributed by atoms with Gasteiger partial charge in [0.05, 0.1) is 11.3 Å². The van der Waals surface area contributed by atoms with E-state index in [-0.39, 0.29) is 17.9 Å². The Morgan fingerprint density at radius 3 is 2.24 bits per heavy atom. The van der Waals surface area contributed by atoms with E-state index >= 15 is 0 Å². The van der Waals surface area contributed by atoms with Crippen LogP contribution in [0, 0.1) is 0 Å². The van der Waals surface area contributed by atoms with Crippen molar-refractivity contribution in [1.29, 1.82) is 0 Å². The lowest BCUT2D eigenvalue weighted by atomic mass is 9.96. The van der Waals surface area contributed by atoms with Crippen LogP contribution in [0.5, 0.6) is 0 Å². The van der Waals surface area contributed by atoms with Crippen molar-refractivity contribution in [3.63, 3.8) is 0 Å². The van der Waals surface area contributed by atoms with E-state index < -0.39 is 24.1 Å². The number of carbonyl (C=O) groups is 3. The van der Waals surface area contributed by atoms with Gasteiger partial charge in [-0.1, -0.05) is 66.7 Å². The molecule has 1 aromatic heterocycles. The second kappa shape index (κ2) is 10.8. The molecule has 37 heavy (non-hydrogen) atoms. The SMILES string of the molecule is CC(=O)OCC1=CS[C@@H]2/C(=C/c3ccccn3)C(=O)N2C1C(=O)OC(c1ccccc1)c1ccccc1. The second-order valence-corrected chi connectivity index (χ2v) is 9.52. The molecule has 0 radical (unpaired) electrons. The van der Waals surface area contributed by atoms with E-state index in [4.69, 9.17) is 9.47 Å². The molecule has 2 aromatic carbocycles. The van der Waals surface area contributed by atoms with Gasteiger partial charge in [-0.3, -0.25) is 14.6 Å². The first kappa shape index (κ1) is 24.5. The molecule has 1 unspecified atom stereocenters. The summed E-state index contributed by atoms with van der Waals surface area (Å²) in [5.74, 6) is -1.35. The molecule has 3 heterocycles. The average Bonchev–Trinajstić information content (AvgIpc) is 2.94. The maximum atomic E-state index is 13.8. The molecule has 5 rings (SSSR count). The smallest absolute Gasteiger partial charge is 0.334 e. The molecule has 1 amide bonds. The fourth-order valence-corrected chi connectivity index (χ4v) is 5.48. The Kier molecular flexibility index (Phi) is 7.18. The van der Waals surface area contributed by atoms with Crippen molar-refractivity contribution in [2.75, 3.05) is 6.61 Å². The van der Waals surface area contributed by atoms with Gasteiger partial charge < -0.3 is 14.4 Å². The zero-order valence-corrected chi connectivity index (χ0v) is 20.8. The molecule has 2 aliphatic rings. The van der Waals surface area contributed by atoms with Crippen LogP contribution in [0.4, 0.5) is 0 Å². The Bertz CT molecular complexity index is 1320. The lowest BCUT2D eigenvalue weighted by Gasteiger charge is -2.48. The van der Waals surface area contributed by atoms with Crippen LogP contribution in [0.25, 0.3) is 6.08 Å². The molecule has 186 valence electrons. The van der Waals surface area contributed by atoms with Crippen molar-refractivity contribution in [3.05, 3.63) is 118 Å². The Labute approximate surface area is 218 Å². The van der Waals surface area contributed by atoms with Crippen LogP contribution < -0.4 is 0 Å². The first-order valence-electron chi connectivity index (χ1n) is 11.8. The summed E-state index contributed by atoms with van der Waals surface area (Å²) in [6.07, 6.45) is 2.73. The van der Waals surface area contributed by atoms with Gasteiger partial charge >= 0.3 is 11.9 Å². The monoisotopic (exact) mass is 512 g/mol. The number of thioether (sulfide) groups is 1. The van der Waals surface area contributed by atoms with Crippen molar-refractivity contribution in [3.8, 4) is 0 Å². The van der Waals surface area contributed by atoms with E-state index in [9.17, 15) is 14.4 Å². The number of esters is 2. The van der Waals surface area contributed by atoms with Crippen molar-refractivity contribution in [1.82, 2.24) is 9.88 Å². The van der Waals surface area contributed by atoms with Crippen LogP contribution >= 0.6 is 11.8 Å². The van der Waals surface area contributed by atoms with E-state index in [0.29, 0.717) is 16.8 Å². The van der Waals surface area contributed by atoms with Crippen LogP contribution in [0.15, 0.2) is 102 Å². The van der Waals surface area contributed by atoms with Gasteiger partial charge in [0.15, 0.2) is 12.1 Å². The number of rotatable bonds is 7. The quantitative estimate of drug-likeness (QED) is 0.261. The predicted molar refractivity (Wildman–Crippen MR) is 140 cm³/mol. The van der Waals surface area contributed by atoms with Crippen LogP contribution in [-0.4, -0.2) is 45.8 Å². The van der Waals surface area contributed by atoms with E-state index in [1.165, 1.54) is 23.6 Å². The minimum Gasteiger partial charge on any atom is -0.461 e. The lowest BCUT2D eigenvalue weighted by molar-refractivity contribution is -0.159. The largest absolute Gasteiger partial charge is 0.461 e. The molecule has 1 fully saturated rings. The molecule has 2 atom stereocenters. The molecule has 0 saturated carbocycles. The van der Waals surface area contributed by atoms with E-state index in [2.05, 4.69) is 4.98 Å². The van der Waals surface area contributed by atoms with Crippen LogP contribution in [0.1, 0.15) is 29.8 Å². The van der Waals surface area contributed by atoms with Gasteiger partial charge in [-0.15, -0.1) is 11.8 Å². The highest BCUT2D eigenvalue weighted by Gasteiger charge is 2.52. The van der Waals surface area contributed by atoms with Crippen molar-refractivity contribution in [2.24, 2.45) is 0 Å². The van der Waals surface area contributed by atoms with E-state index in [1.807, 2.05) is 72.8 Å². The van der Waals surface area contributed by atoms with Gasteiger partial charge in [0.1, 0.15) is 12.0 Å². The molecule has 0 bridgehead atoms. The normalized spacial score (nSPS) is 19.6.